The maximum atomic E-state index is 5.95. The first-order valence-corrected chi connectivity index (χ1v) is 8.26. The number of unbranched alkanes of at least 4 members (excludes halogenated alkanes) is 1. The summed E-state index contributed by atoms with van der Waals surface area (Å²) in [6, 6.07) is 16.4. The SMILES string of the molecule is COc1cccc(C(CN)CCCCOc2cccc(C)c2)c1. The Morgan fingerprint density at radius 3 is 2.52 bits per heavy atom. The van der Waals surface area contributed by atoms with E-state index < -0.39 is 0 Å². The molecular weight excluding hydrogens is 286 g/mol. The number of benzene rings is 2. The number of hydrogen-bond acceptors (Lipinski definition) is 3. The summed E-state index contributed by atoms with van der Waals surface area (Å²) in [6.07, 6.45) is 3.21. The van der Waals surface area contributed by atoms with E-state index in [-0.39, 0.29) is 0 Å². The number of aryl methyl sites for hydroxylation is 1. The summed E-state index contributed by atoms with van der Waals surface area (Å²) in [4.78, 5) is 0. The highest BCUT2D eigenvalue weighted by molar-refractivity contribution is 5.31. The molecule has 0 spiro atoms. The van der Waals surface area contributed by atoms with E-state index in [1.807, 2.05) is 24.3 Å². The zero-order chi connectivity index (χ0) is 16.5. The van der Waals surface area contributed by atoms with Gasteiger partial charge in [-0.1, -0.05) is 24.3 Å². The van der Waals surface area contributed by atoms with Gasteiger partial charge in [0.2, 0.25) is 0 Å². The molecule has 2 N–H and O–H groups in total. The molecule has 0 aromatic heterocycles. The minimum Gasteiger partial charge on any atom is -0.497 e. The maximum absolute atomic E-state index is 5.95. The first kappa shape index (κ1) is 17.4. The molecule has 0 aliphatic heterocycles. The third-order valence-electron chi connectivity index (χ3n) is 4.05. The van der Waals surface area contributed by atoms with Crippen LogP contribution < -0.4 is 15.2 Å². The van der Waals surface area contributed by atoms with Gasteiger partial charge in [0.1, 0.15) is 11.5 Å². The zero-order valence-corrected chi connectivity index (χ0v) is 14.1. The van der Waals surface area contributed by atoms with Gasteiger partial charge in [-0.3, -0.25) is 0 Å². The van der Waals surface area contributed by atoms with Crippen molar-refractivity contribution in [3.05, 3.63) is 59.7 Å². The normalized spacial score (nSPS) is 12.0. The molecule has 0 heterocycles. The Kier molecular flexibility index (Phi) is 6.95. The van der Waals surface area contributed by atoms with Crippen LogP contribution in [0.15, 0.2) is 48.5 Å². The van der Waals surface area contributed by atoms with E-state index in [2.05, 4.69) is 31.2 Å². The van der Waals surface area contributed by atoms with Crippen molar-refractivity contribution in [1.82, 2.24) is 0 Å². The lowest BCUT2D eigenvalue weighted by Gasteiger charge is -2.16. The standard InChI is InChI=1S/C20H27NO2/c1-16-7-5-11-20(13-16)23-12-4-3-8-18(15-21)17-9-6-10-19(14-17)22-2/h5-7,9-11,13-14,18H,3-4,8,12,15,21H2,1-2H3. The Labute approximate surface area is 139 Å². The van der Waals surface area contributed by atoms with Crippen LogP contribution in [0.25, 0.3) is 0 Å². The number of rotatable bonds is 9. The average molecular weight is 313 g/mol. The Morgan fingerprint density at radius 1 is 1.00 bits per heavy atom. The van der Waals surface area contributed by atoms with Crippen LogP contribution in [-0.4, -0.2) is 20.3 Å². The fraction of sp³-hybridized carbons (Fsp3) is 0.400. The van der Waals surface area contributed by atoms with Crippen LogP contribution in [0.1, 0.15) is 36.3 Å². The summed E-state index contributed by atoms with van der Waals surface area (Å²) in [5.41, 5.74) is 8.43. The van der Waals surface area contributed by atoms with Crippen molar-refractivity contribution < 1.29 is 9.47 Å². The van der Waals surface area contributed by atoms with Gasteiger partial charge in [0.05, 0.1) is 13.7 Å². The molecule has 3 heteroatoms. The quantitative estimate of drug-likeness (QED) is 0.702. The maximum Gasteiger partial charge on any atom is 0.119 e. The van der Waals surface area contributed by atoms with Gasteiger partial charge < -0.3 is 15.2 Å². The van der Waals surface area contributed by atoms with E-state index in [9.17, 15) is 0 Å². The highest BCUT2D eigenvalue weighted by atomic mass is 16.5. The molecule has 23 heavy (non-hydrogen) atoms. The predicted octanol–water partition coefficient (Wildman–Crippen LogP) is 4.30. The molecule has 1 atom stereocenters. The van der Waals surface area contributed by atoms with Crippen molar-refractivity contribution >= 4 is 0 Å². The monoisotopic (exact) mass is 313 g/mol. The summed E-state index contributed by atoms with van der Waals surface area (Å²) in [6.45, 7) is 3.48. The third-order valence-corrected chi connectivity index (χ3v) is 4.05. The molecule has 0 amide bonds. The Balaban J connectivity index is 1.75. The van der Waals surface area contributed by atoms with E-state index in [0.717, 1.165) is 37.4 Å². The largest absolute Gasteiger partial charge is 0.497 e. The fourth-order valence-corrected chi connectivity index (χ4v) is 2.70. The van der Waals surface area contributed by atoms with Crippen molar-refractivity contribution in [3.63, 3.8) is 0 Å². The van der Waals surface area contributed by atoms with Crippen LogP contribution in [0.4, 0.5) is 0 Å². The van der Waals surface area contributed by atoms with Gasteiger partial charge in [-0.15, -0.1) is 0 Å². The second-order valence-electron chi connectivity index (χ2n) is 5.87. The Morgan fingerprint density at radius 2 is 1.78 bits per heavy atom. The van der Waals surface area contributed by atoms with Crippen LogP contribution in [0.5, 0.6) is 11.5 Å². The Bertz CT molecular complexity index is 598. The highest BCUT2D eigenvalue weighted by Crippen LogP contribution is 2.24. The van der Waals surface area contributed by atoms with Crippen molar-refractivity contribution in [2.75, 3.05) is 20.3 Å². The molecule has 2 aromatic rings. The summed E-state index contributed by atoms with van der Waals surface area (Å²) in [5, 5.41) is 0. The van der Waals surface area contributed by atoms with Gasteiger partial charge >= 0.3 is 0 Å². The lowest BCUT2D eigenvalue weighted by Crippen LogP contribution is -2.13. The third kappa shape index (κ3) is 5.61. The van der Waals surface area contributed by atoms with Crippen LogP contribution in [-0.2, 0) is 0 Å². The molecule has 0 aliphatic rings. The van der Waals surface area contributed by atoms with Crippen LogP contribution in [0.2, 0.25) is 0 Å². The van der Waals surface area contributed by atoms with Crippen LogP contribution in [0.3, 0.4) is 0 Å². The van der Waals surface area contributed by atoms with Crippen molar-refractivity contribution in [1.29, 1.82) is 0 Å². The molecule has 0 saturated heterocycles. The zero-order valence-electron chi connectivity index (χ0n) is 14.1. The second-order valence-corrected chi connectivity index (χ2v) is 5.87. The van der Waals surface area contributed by atoms with Crippen molar-refractivity contribution in [2.45, 2.75) is 32.1 Å². The highest BCUT2D eigenvalue weighted by Gasteiger charge is 2.10. The van der Waals surface area contributed by atoms with Gasteiger partial charge in [-0.05, 0) is 74.0 Å². The first-order valence-electron chi connectivity index (χ1n) is 8.26. The van der Waals surface area contributed by atoms with E-state index in [1.54, 1.807) is 7.11 Å². The van der Waals surface area contributed by atoms with Gasteiger partial charge in [-0.2, -0.15) is 0 Å². The lowest BCUT2D eigenvalue weighted by atomic mass is 9.93. The molecule has 2 aromatic carbocycles. The summed E-state index contributed by atoms with van der Waals surface area (Å²) < 4.78 is 11.1. The fourth-order valence-electron chi connectivity index (χ4n) is 2.70. The number of hydrogen-bond donors (Lipinski definition) is 1. The van der Waals surface area contributed by atoms with Gasteiger partial charge in [0, 0.05) is 0 Å². The summed E-state index contributed by atoms with van der Waals surface area (Å²) >= 11 is 0. The Hall–Kier alpha value is -2.00. The first-order chi connectivity index (χ1) is 11.2. The number of nitrogens with two attached hydrogens (primary N) is 1. The van der Waals surface area contributed by atoms with Gasteiger partial charge in [0.25, 0.3) is 0 Å². The van der Waals surface area contributed by atoms with Crippen molar-refractivity contribution in [2.24, 2.45) is 5.73 Å². The molecule has 124 valence electrons. The molecular formula is C20H27NO2. The molecule has 0 radical (unpaired) electrons. The molecule has 2 rings (SSSR count). The topological polar surface area (TPSA) is 44.5 Å². The predicted molar refractivity (Wildman–Crippen MR) is 95.3 cm³/mol. The van der Waals surface area contributed by atoms with Crippen LogP contribution >= 0.6 is 0 Å². The van der Waals surface area contributed by atoms with Gasteiger partial charge in [-0.25, -0.2) is 0 Å². The minimum atomic E-state index is 0.379. The lowest BCUT2D eigenvalue weighted by molar-refractivity contribution is 0.303. The van der Waals surface area contributed by atoms with E-state index in [0.29, 0.717) is 12.5 Å². The summed E-state index contributed by atoms with van der Waals surface area (Å²) in [7, 11) is 1.69. The van der Waals surface area contributed by atoms with E-state index >= 15 is 0 Å². The second kappa shape index (κ2) is 9.21. The molecule has 0 saturated carbocycles. The number of ether oxygens (including phenoxy) is 2. The molecule has 3 nitrogen and oxygen atoms in total. The molecule has 0 fully saturated rings. The summed E-state index contributed by atoms with van der Waals surface area (Å²) in [5.74, 6) is 2.22. The number of methoxy groups -OCH3 is 1. The minimum absolute atomic E-state index is 0.379. The average Bonchev–Trinajstić information content (AvgIpc) is 2.58. The smallest absolute Gasteiger partial charge is 0.119 e. The van der Waals surface area contributed by atoms with Gasteiger partial charge in [0.15, 0.2) is 0 Å². The molecule has 0 bridgehead atoms. The molecule has 0 aliphatic carbocycles. The van der Waals surface area contributed by atoms with E-state index in [1.165, 1.54) is 11.1 Å². The van der Waals surface area contributed by atoms with Crippen molar-refractivity contribution in [3.8, 4) is 11.5 Å². The molecule has 1 unspecified atom stereocenters. The van der Waals surface area contributed by atoms with Crippen LogP contribution in [0, 0.1) is 6.92 Å². The van der Waals surface area contributed by atoms with E-state index in [4.69, 9.17) is 15.2 Å².